The van der Waals surface area contributed by atoms with Crippen molar-refractivity contribution in [2.45, 2.75) is 42.8 Å². The van der Waals surface area contributed by atoms with Gasteiger partial charge in [0.2, 0.25) is 0 Å². The topological polar surface area (TPSA) is 258 Å². The molecular weight excluding hydrogens is 1300 g/mol. The molecule has 4 aromatic heterocycles. The van der Waals surface area contributed by atoms with Gasteiger partial charge in [-0.15, -0.1) is 0 Å². The van der Waals surface area contributed by atoms with E-state index in [4.69, 9.17) is 47.9 Å². The molecule has 0 saturated carbocycles. The van der Waals surface area contributed by atoms with E-state index in [0.717, 1.165) is 106 Å². The first-order valence-corrected chi connectivity index (χ1v) is 27.6. The van der Waals surface area contributed by atoms with Crippen LogP contribution in [0.4, 0.5) is 0 Å². The number of nitrogens with zero attached hydrogens (tertiary/aromatic N) is 7. The number of morpholine rings is 2. The number of hydrogen-bond acceptors (Lipinski definition) is 19. The summed E-state index contributed by atoms with van der Waals surface area (Å²) in [7, 11) is -3.95. The average molecular weight is 1370 g/mol. The number of carbonyl (C=O) groups excluding carboxylic acids is 1. The molecule has 0 unspecified atom stereocenters. The molecule has 0 bridgehead atoms. The van der Waals surface area contributed by atoms with Gasteiger partial charge in [0.05, 0.1) is 81.3 Å². The van der Waals surface area contributed by atoms with E-state index in [9.17, 15) is 18.9 Å². The van der Waals surface area contributed by atoms with Crippen LogP contribution in [0.2, 0.25) is 0 Å². The quantitative estimate of drug-likeness (QED) is 0.0716. The second kappa shape index (κ2) is 33.2. The van der Waals surface area contributed by atoms with Gasteiger partial charge in [-0.3, -0.25) is 14.6 Å². The molecule has 0 aliphatic carbocycles. The van der Waals surface area contributed by atoms with Crippen molar-refractivity contribution in [2.75, 3.05) is 105 Å². The number of hydrogen-bond donors (Lipinski definition) is 1. The summed E-state index contributed by atoms with van der Waals surface area (Å²) in [4.78, 5) is 28.3. The minimum atomic E-state index is -3.95. The SMILES string of the molecule is N#Cc1cc(-c2c[nH]c3ncc(OCCN4CCOCC4)cc23)ccc1OC1CCOCC1.N#Cc1cc(-c2cn(S(=O)(=O)c3ccccc3)c3ncc(OCCN4CCOCC4)cc23)ccc1OC1CCOCC1.O=CO[O-].[Cs+].[Cs+].[H-]. The Balaban J connectivity index is 0.000000245. The van der Waals surface area contributed by atoms with Gasteiger partial charge in [-0.1, -0.05) is 30.3 Å². The maximum Gasteiger partial charge on any atom is 1.00 e. The summed E-state index contributed by atoms with van der Waals surface area (Å²) in [5.41, 5.74) is 5.16. The fourth-order valence-corrected chi connectivity index (χ4v) is 10.9. The monoisotopic (exact) mass is 1360 g/mol. The van der Waals surface area contributed by atoms with E-state index in [1.54, 1.807) is 61.1 Å². The third-order valence-electron chi connectivity index (χ3n) is 13.7. The molecule has 4 aliphatic rings. The molecular formula is C57H62Cs2N8O13S. The summed E-state index contributed by atoms with van der Waals surface area (Å²) >= 11 is 0. The second-order valence-electron chi connectivity index (χ2n) is 18.8. The molecule has 0 radical (unpaired) electrons. The summed E-state index contributed by atoms with van der Waals surface area (Å²) in [6, 6.07) is 27.7. The van der Waals surface area contributed by atoms with Crippen LogP contribution < -0.4 is 162 Å². The predicted octanol–water partition coefficient (Wildman–Crippen LogP) is 0.00636. The summed E-state index contributed by atoms with van der Waals surface area (Å²) in [5.74, 6) is 2.39. The molecule has 0 spiro atoms. The maximum atomic E-state index is 13.7. The van der Waals surface area contributed by atoms with E-state index < -0.39 is 10.0 Å². The van der Waals surface area contributed by atoms with Gasteiger partial charge in [-0.2, -0.15) is 10.5 Å². The molecule has 4 saturated heterocycles. The Morgan fingerprint density at radius 2 is 1.15 bits per heavy atom. The van der Waals surface area contributed by atoms with E-state index in [0.29, 0.717) is 97.7 Å². The summed E-state index contributed by atoms with van der Waals surface area (Å²) in [6.07, 6.45) is 10.1. The fraction of sp³-hybridized carbons (Fsp3) is 0.386. The third kappa shape index (κ3) is 17.8. The Bertz CT molecular complexity index is 3340. The van der Waals surface area contributed by atoms with Crippen LogP contribution in [0.3, 0.4) is 0 Å². The molecule has 4 fully saturated rings. The minimum absolute atomic E-state index is 0. The zero-order chi connectivity index (χ0) is 54.8. The van der Waals surface area contributed by atoms with E-state index in [1.807, 2.05) is 42.6 Å². The van der Waals surface area contributed by atoms with Gasteiger partial charge in [0, 0.05) is 99.2 Å². The van der Waals surface area contributed by atoms with Gasteiger partial charge in [-0.25, -0.2) is 22.4 Å². The van der Waals surface area contributed by atoms with Crippen molar-refractivity contribution in [1.29, 1.82) is 10.5 Å². The van der Waals surface area contributed by atoms with E-state index in [-0.39, 0.29) is 168 Å². The Kier molecular flexibility index (Phi) is 26.7. The van der Waals surface area contributed by atoms with Crippen LogP contribution in [0.25, 0.3) is 44.3 Å². The Morgan fingerprint density at radius 3 is 1.65 bits per heavy atom. The van der Waals surface area contributed by atoms with Gasteiger partial charge in [0.15, 0.2) is 5.65 Å². The number of aromatic amines is 1. The van der Waals surface area contributed by atoms with Gasteiger partial charge in [0.1, 0.15) is 66.2 Å². The normalized spacial score (nSPS) is 16.1. The van der Waals surface area contributed by atoms with Crippen LogP contribution in [0, 0.1) is 22.7 Å². The van der Waals surface area contributed by atoms with Crippen LogP contribution in [-0.4, -0.2) is 161 Å². The number of pyridine rings is 2. The fourth-order valence-electron chi connectivity index (χ4n) is 9.52. The molecule has 81 heavy (non-hydrogen) atoms. The van der Waals surface area contributed by atoms with Gasteiger partial charge in [0.25, 0.3) is 16.5 Å². The van der Waals surface area contributed by atoms with Crippen LogP contribution in [-0.2, 0) is 38.7 Å². The molecule has 7 aromatic rings. The van der Waals surface area contributed by atoms with E-state index in [2.05, 4.69) is 41.8 Å². The summed E-state index contributed by atoms with van der Waals surface area (Å²) < 4.78 is 74.5. The van der Waals surface area contributed by atoms with Crippen LogP contribution in [0.5, 0.6) is 23.0 Å². The van der Waals surface area contributed by atoms with Crippen LogP contribution >= 0.6 is 0 Å². The molecule has 3 aromatic carbocycles. The van der Waals surface area contributed by atoms with Crippen molar-refractivity contribution in [3.63, 3.8) is 0 Å². The van der Waals surface area contributed by atoms with Crippen molar-refractivity contribution in [3.05, 3.63) is 115 Å². The van der Waals surface area contributed by atoms with E-state index in [1.165, 1.54) is 3.97 Å². The minimum Gasteiger partial charge on any atom is -1.00 e. The molecule has 0 amide bonds. The first-order chi connectivity index (χ1) is 38.7. The number of nitrogens with one attached hydrogen (secondary N) is 1. The predicted molar refractivity (Wildman–Crippen MR) is 288 cm³/mol. The van der Waals surface area contributed by atoms with Crippen LogP contribution in [0.1, 0.15) is 38.2 Å². The zero-order valence-electron chi connectivity index (χ0n) is 46.5. The molecule has 1 N–H and O–H groups in total. The van der Waals surface area contributed by atoms with E-state index >= 15 is 0 Å². The first-order valence-electron chi connectivity index (χ1n) is 26.2. The molecule has 24 heteroatoms. The van der Waals surface area contributed by atoms with Gasteiger partial charge < -0.3 is 54.5 Å². The summed E-state index contributed by atoms with van der Waals surface area (Å²) in [6.45, 7) is 11.7. The Labute approximate surface area is 589 Å². The largest absolute Gasteiger partial charge is 1.00 e. The molecule has 11 rings (SSSR count). The van der Waals surface area contributed by atoms with Crippen molar-refractivity contribution in [2.24, 2.45) is 0 Å². The van der Waals surface area contributed by atoms with Crippen LogP contribution in [0.15, 0.2) is 109 Å². The number of carbonyl (C=O) groups is 1. The number of benzene rings is 3. The van der Waals surface area contributed by atoms with Gasteiger partial charge in [-0.05, 0) is 59.7 Å². The number of H-pyrrole nitrogens is 1. The number of nitriles is 2. The molecule has 4 aliphatic heterocycles. The average Bonchev–Trinajstić information content (AvgIpc) is 4.32. The van der Waals surface area contributed by atoms with Crippen molar-refractivity contribution >= 4 is 38.6 Å². The second-order valence-corrected chi connectivity index (χ2v) is 20.6. The molecule has 8 heterocycles. The zero-order valence-corrected chi connectivity index (χ0v) is 58.9. The van der Waals surface area contributed by atoms with Crippen molar-refractivity contribution in [3.8, 4) is 57.4 Å². The number of fused-ring (bicyclic) bond motifs is 2. The molecule has 0 atom stereocenters. The molecule has 21 nitrogen and oxygen atoms in total. The Hall–Kier alpha value is -3.54. The summed E-state index contributed by atoms with van der Waals surface area (Å²) in [5, 5.41) is 29.7. The first kappa shape index (κ1) is 65.0. The third-order valence-corrected chi connectivity index (χ3v) is 15.4. The number of rotatable bonds is 17. The number of aromatic nitrogens is 4. The van der Waals surface area contributed by atoms with Gasteiger partial charge >= 0.3 is 138 Å². The smallest absolute Gasteiger partial charge is 1.00 e. The maximum absolute atomic E-state index is 13.7. The molecule has 416 valence electrons. The van der Waals surface area contributed by atoms with Crippen molar-refractivity contribution in [1.82, 2.24) is 28.7 Å². The van der Waals surface area contributed by atoms with Crippen molar-refractivity contribution < 1.29 is 200 Å². The standard InChI is InChI=1S/C31H32N4O6S.C25H28N4O4.CH2O3.2Cs.H/c32-20-24-18-23(6-7-30(24)41-25-8-13-38-14-9-25)29-22-35(42(36,37)27-4-2-1-3-5-27)31-28(29)19-26(21-33-31)40-17-12-34-10-15-39-16-11-34;26-15-19-13-18(1-2-24(19)33-20-3-8-30-9-4-20)23-17-28-25-22(23)14-21(16-27-25)32-12-7-29-5-10-31-11-6-29;2-1-4-3;;;/h1-7,18-19,21-22,25H,8-17H2;1-2,13-14,16-17,20H,3-12H2,(H,27,28);1,3H;;;/q;;;2*+1;-1/p-1. The Morgan fingerprint density at radius 1 is 0.667 bits per heavy atom. The number of ether oxygens (including phenoxy) is 8.